The first-order valence-electron chi connectivity index (χ1n) is 7.38. The molecule has 1 aromatic heterocycles. The topological polar surface area (TPSA) is 20.3 Å². The van der Waals surface area contributed by atoms with Crippen LogP contribution in [-0.2, 0) is 12.8 Å². The molecule has 0 unspecified atom stereocenters. The minimum Gasteiger partial charge on any atom is -0.276 e. The summed E-state index contributed by atoms with van der Waals surface area (Å²) in [7, 11) is 0. The van der Waals surface area contributed by atoms with Crippen molar-refractivity contribution in [2.45, 2.75) is 12.8 Å². The van der Waals surface area contributed by atoms with Crippen LogP contribution in [0.4, 0.5) is 11.4 Å². The summed E-state index contributed by atoms with van der Waals surface area (Å²) in [6.45, 7) is 0. The average Bonchev–Trinajstić information content (AvgIpc) is 3.04. The van der Waals surface area contributed by atoms with E-state index in [0.29, 0.717) is 0 Å². The number of fused-ring (bicyclic) bond motifs is 2. The van der Waals surface area contributed by atoms with Crippen LogP contribution in [0.25, 0.3) is 0 Å². The molecule has 4 rings (SSSR count). The Kier molecular flexibility index (Phi) is 3.28. The van der Waals surface area contributed by atoms with E-state index in [1.54, 1.807) is 0 Å². The normalized spacial score (nSPS) is 13.2. The largest absolute Gasteiger partial charge is 0.276 e. The van der Waals surface area contributed by atoms with Gasteiger partial charge < -0.3 is 0 Å². The Labute approximate surface area is 133 Å². The molecule has 0 N–H and O–H groups in total. The highest BCUT2D eigenvalue weighted by Gasteiger charge is 2.26. The molecule has 0 aliphatic carbocycles. The molecule has 0 bridgehead atoms. The molecular formula is C19H15NOS. The summed E-state index contributed by atoms with van der Waals surface area (Å²) in [5.41, 5.74) is 4.46. The van der Waals surface area contributed by atoms with E-state index >= 15 is 0 Å². The summed E-state index contributed by atoms with van der Waals surface area (Å²) in [6.07, 6.45) is 1.92. The third-order valence-electron chi connectivity index (χ3n) is 4.06. The Bertz CT molecular complexity index is 775. The summed E-state index contributed by atoms with van der Waals surface area (Å²) >= 11 is 1.49. The van der Waals surface area contributed by atoms with Gasteiger partial charge in [-0.3, -0.25) is 9.69 Å². The molecule has 2 heterocycles. The van der Waals surface area contributed by atoms with Crippen molar-refractivity contribution in [1.29, 1.82) is 0 Å². The fraction of sp³-hybridized carbons (Fsp3) is 0.105. The summed E-state index contributed by atoms with van der Waals surface area (Å²) < 4.78 is 0. The van der Waals surface area contributed by atoms with Crippen LogP contribution >= 0.6 is 11.3 Å². The molecule has 3 heteroatoms. The number of para-hydroxylation sites is 2. The maximum Gasteiger partial charge on any atom is 0.272 e. The molecule has 0 saturated carbocycles. The van der Waals surface area contributed by atoms with Crippen LogP contribution in [0.1, 0.15) is 20.8 Å². The van der Waals surface area contributed by atoms with Gasteiger partial charge in [0.1, 0.15) is 0 Å². The average molecular weight is 305 g/mol. The lowest BCUT2D eigenvalue weighted by atomic mass is 10.0. The van der Waals surface area contributed by atoms with E-state index in [2.05, 4.69) is 12.1 Å². The van der Waals surface area contributed by atoms with Crippen LogP contribution in [-0.4, -0.2) is 5.91 Å². The van der Waals surface area contributed by atoms with Gasteiger partial charge in [0.2, 0.25) is 0 Å². The number of carbonyl (C=O) groups is 1. The number of thiophene rings is 1. The lowest BCUT2D eigenvalue weighted by Crippen LogP contribution is -2.26. The van der Waals surface area contributed by atoms with E-state index in [-0.39, 0.29) is 5.91 Å². The summed E-state index contributed by atoms with van der Waals surface area (Å²) in [5.74, 6) is 0.0526. The molecule has 2 nitrogen and oxygen atoms in total. The molecule has 0 radical (unpaired) electrons. The molecule has 22 heavy (non-hydrogen) atoms. The highest BCUT2D eigenvalue weighted by molar-refractivity contribution is 7.12. The van der Waals surface area contributed by atoms with Crippen LogP contribution in [0.2, 0.25) is 0 Å². The van der Waals surface area contributed by atoms with E-state index in [1.807, 2.05) is 58.8 Å². The van der Waals surface area contributed by atoms with Gasteiger partial charge in [0, 0.05) is 0 Å². The number of aryl methyl sites for hydroxylation is 2. The van der Waals surface area contributed by atoms with Gasteiger partial charge in [-0.25, -0.2) is 0 Å². The molecule has 1 aliphatic heterocycles. The standard InChI is InChI=1S/C19H15NOS/c21-19(18-10-5-13-22-18)20-16-8-3-1-6-14(16)11-12-15-7-2-4-9-17(15)20/h1-10,13H,11-12H2. The first kappa shape index (κ1) is 13.3. The van der Waals surface area contributed by atoms with Crippen LogP contribution in [0.3, 0.4) is 0 Å². The molecule has 3 aromatic rings. The van der Waals surface area contributed by atoms with Crippen LogP contribution < -0.4 is 4.90 Å². The number of carbonyl (C=O) groups excluding carboxylic acids is 1. The second-order valence-corrected chi connectivity index (χ2v) is 6.32. The van der Waals surface area contributed by atoms with Crippen molar-refractivity contribution in [2.75, 3.05) is 4.90 Å². The summed E-state index contributed by atoms with van der Waals surface area (Å²) in [5, 5.41) is 1.95. The van der Waals surface area contributed by atoms with E-state index in [1.165, 1.54) is 22.5 Å². The van der Waals surface area contributed by atoms with Crippen LogP contribution in [0.15, 0.2) is 66.0 Å². The number of amides is 1. The summed E-state index contributed by atoms with van der Waals surface area (Å²) in [6, 6.07) is 20.2. The van der Waals surface area contributed by atoms with E-state index in [4.69, 9.17) is 0 Å². The number of rotatable bonds is 1. The van der Waals surface area contributed by atoms with Crippen LogP contribution in [0, 0.1) is 0 Å². The Hall–Kier alpha value is -2.39. The van der Waals surface area contributed by atoms with Gasteiger partial charge in [0.15, 0.2) is 0 Å². The van der Waals surface area contributed by atoms with E-state index < -0.39 is 0 Å². The maximum atomic E-state index is 13.1. The second-order valence-electron chi connectivity index (χ2n) is 5.38. The van der Waals surface area contributed by atoms with Crippen molar-refractivity contribution in [3.05, 3.63) is 82.0 Å². The predicted octanol–water partition coefficient (Wildman–Crippen LogP) is 4.83. The number of anilines is 2. The molecule has 2 aromatic carbocycles. The van der Waals surface area contributed by atoms with Gasteiger partial charge in [-0.15, -0.1) is 11.3 Å². The second kappa shape index (κ2) is 5.43. The number of benzene rings is 2. The lowest BCUT2D eigenvalue weighted by Gasteiger charge is -2.24. The van der Waals surface area contributed by atoms with E-state index in [9.17, 15) is 4.79 Å². The van der Waals surface area contributed by atoms with Crippen molar-refractivity contribution in [3.8, 4) is 0 Å². The molecule has 108 valence electrons. The molecule has 0 atom stereocenters. The Morgan fingerprint density at radius 3 is 1.95 bits per heavy atom. The van der Waals surface area contributed by atoms with Crippen LogP contribution in [0.5, 0.6) is 0 Å². The van der Waals surface area contributed by atoms with Crippen molar-refractivity contribution in [1.82, 2.24) is 0 Å². The van der Waals surface area contributed by atoms with E-state index in [0.717, 1.165) is 29.1 Å². The third kappa shape index (κ3) is 2.14. The van der Waals surface area contributed by atoms with Gasteiger partial charge >= 0.3 is 0 Å². The van der Waals surface area contributed by atoms with Gasteiger partial charge in [-0.2, -0.15) is 0 Å². The van der Waals surface area contributed by atoms with Gasteiger partial charge in [0.25, 0.3) is 5.91 Å². The minimum absolute atomic E-state index is 0.0526. The molecule has 1 amide bonds. The smallest absolute Gasteiger partial charge is 0.272 e. The highest BCUT2D eigenvalue weighted by Crippen LogP contribution is 2.37. The molecule has 0 fully saturated rings. The zero-order valence-electron chi connectivity index (χ0n) is 12.0. The first-order valence-corrected chi connectivity index (χ1v) is 8.26. The summed E-state index contributed by atoms with van der Waals surface area (Å²) in [4.78, 5) is 15.7. The quantitative estimate of drug-likeness (QED) is 0.631. The van der Waals surface area contributed by atoms with Gasteiger partial charge in [-0.05, 0) is 47.5 Å². The van der Waals surface area contributed by atoms with Crippen molar-refractivity contribution in [3.63, 3.8) is 0 Å². The van der Waals surface area contributed by atoms with Crippen molar-refractivity contribution >= 4 is 28.6 Å². The first-order chi connectivity index (χ1) is 10.8. The Balaban J connectivity index is 1.93. The third-order valence-corrected chi connectivity index (χ3v) is 4.92. The molecule has 0 saturated heterocycles. The number of nitrogens with zero attached hydrogens (tertiary/aromatic N) is 1. The molecular weight excluding hydrogens is 290 g/mol. The fourth-order valence-corrected chi connectivity index (χ4v) is 3.66. The predicted molar refractivity (Wildman–Crippen MR) is 91.1 cm³/mol. The molecule has 1 aliphatic rings. The highest BCUT2D eigenvalue weighted by atomic mass is 32.1. The maximum absolute atomic E-state index is 13.1. The monoisotopic (exact) mass is 305 g/mol. The zero-order valence-corrected chi connectivity index (χ0v) is 12.8. The minimum atomic E-state index is 0.0526. The Morgan fingerprint density at radius 1 is 0.818 bits per heavy atom. The lowest BCUT2D eigenvalue weighted by molar-refractivity contribution is 0.100. The zero-order chi connectivity index (χ0) is 14.9. The molecule has 0 spiro atoms. The SMILES string of the molecule is O=C(c1cccs1)N1c2ccccc2CCc2ccccc21. The Morgan fingerprint density at radius 2 is 1.41 bits per heavy atom. The fourth-order valence-electron chi connectivity index (χ4n) is 3.01. The number of hydrogen-bond acceptors (Lipinski definition) is 2. The van der Waals surface area contributed by atoms with Gasteiger partial charge in [0.05, 0.1) is 16.3 Å². The number of hydrogen-bond donors (Lipinski definition) is 0. The van der Waals surface area contributed by atoms with Crippen molar-refractivity contribution in [2.24, 2.45) is 0 Å². The van der Waals surface area contributed by atoms with Gasteiger partial charge in [-0.1, -0.05) is 42.5 Å². The van der Waals surface area contributed by atoms with Crippen molar-refractivity contribution < 1.29 is 4.79 Å².